The molecule has 1 atom stereocenters. The molecule has 0 fully saturated rings. The molecule has 0 aliphatic rings. The van der Waals surface area contributed by atoms with E-state index in [0.29, 0.717) is 5.75 Å². The van der Waals surface area contributed by atoms with Gasteiger partial charge in [0, 0.05) is 7.11 Å². The van der Waals surface area contributed by atoms with Gasteiger partial charge < -0.3 is 19.9 Å². The van der Waals surface area contributed by atoms with Gasteiger partial charge in [0.1, 0.15) is 5.75 Å². The van der Waals surface area contributed by atoms with Gasteiger partial charge in [0.15, 0.2) is 12.1 Å². The number of methoxy groups -OCH3 is 1. The molecule has 1 unspecified atom stereocenters. The van der Waals surface area contributed by atoms with Crippen LogP contribution in [0.3, 0.4) is 0 Å². The molecule has 6 nitrogen and oxygen atoms in total. The Balaban J connectivity index is 2.54. The van der Waals surface area contributed by atoms with Gasteiger partial charge in [-0.15, -0.1) is 0 Å². The summed E-state index contributed by atoms with van der Waals surface area (Å²) < 4.78 is 10.1. The van der Waals surface area contributed by atoms with Crippen molar-refractivity contribution in [2.24, 2.45) is 0 Å². The van der Waals surface area contributed by atoms with Gasteiger partial charge in [-0.05, 0) is 31.0 Å². The lowest BCUT2D eigenvalue weighted by Gasteiger charge is -2.25. The predicted octanol–water partition coefficient (Wildman–Crippen LogP) is 1.23. The van der Waals surface area contributed by atoms with Crippen molar-refractivity contribution in [3.63, 3.8) is 0 Å². The molecule has 1 rings (SSSR count). The predicted molar refractivity (Wildman–Crippen MR) is 77.4 cm³/mol. The largest absolute Gasteiger partial charge is 0.484 e. The molecule has 0 spiro atoms. The molecule has 0 radical (unpaired) electrons. The monoisotopic (exact) mass is 295 g/mol. The molecule has 0 saturated carbocycles. The fraction of sp³-hybridized carbons (Fsp3) is 0.467. The Labute approximate surface area is 124 Å². The third kappa shape index (κ3) is 5.07. The summed E-state index contributed by atoms with van der Waals surface area (Å²) in [6, 6.07) is 7.38. The number of rotatable bonds is 8. The number of hydrogen-bond acceptors (Lipinski definition) is 4. The maximum Gasteiger partial charge on any atom is 0.331 e. The Hall–Kier alpha value is -2.08. The second-order valence-electron chi connectivity index (χ2n) is 4.90. The molecular formula is C15H21NO5. The van der Waals surface area contributed by atoms with E-state index in [1.54, 1.807) is 12.1 Å². The number of aliphatic carboxylic acids is 1. The van der Waals surface area contributed by atoms with Crippen LogP contribution in [0, 0.1) is 0 Å². The van der Waals surface area contributed by atoms with Gasteiger partial charge in [-0.2, -0.15) is 0 Å². The standard InChI is InChI=1S/C15H21NO5/c1-4-11-5-7-12(8-6-11)21-9-13(17)16-15(2,10-20-3)14(18)19/h5-8H,4,9-10H2,1-3H3,(H,16,17)(H,18,19). The third-order valence-electron chi connectivity index (χ3n) is 3.02. The van der Waals surface area contributed by atoms with Gasteiger partial charge in [0.25, 0.3) is 5.91 Å². The summed E-state index contributed by atoms with van der Waals surface area (Å²) >= 11 is 0. The van der Waals surface area contributed by atoms with E-state index in [0.717, 1.165) is 6.42 Å². The molecule has 1 aromatic carbocycles. The lowest BCUT2D eigenvalue weighted by molar-refractivity contribution is -0.149. The first-order valence-electron chi connectivity index (χ1n) is 6.66. The van der Waals surface area contributed by atoms with Crippen molar-refractivity contribution in [3.05, 3.63) is 29.8 Å². The summed E-state index contributed by atoms with van der Waals surface area (Å²) in [4.78, 5) is 22.9. The molecule has 0 aliphatic heterocycles. The maximum absolute atomic E-state index is 11.8. The fourth-order valence-electron chi connectivity index (χ4n) is 1.75. The lowest BCUT2D eigenvalue weighted by atomic mass is 10.0. The summed E-state index contributed by atoms with van der Waals surface area (Å²) in [5.41, 5.74) is -0.299. The smallest absolute Gasteiger partial charge is 0.331 e. The zero-order chi connectivity index (χ0) is 15.9. The Morgan fingerprint density at radius 3 is 2.38 bits per heavy atom. The number of amides is 1. The van der Waals surface area contributed by atoms with Crippen LogP contribution < -0.4 is 10.1 Å². The van der Waals surface area contributed by atoms with E-state index in [1.165, 1.54) is 19.6 Å². The highest BCUT2D eigenvalue weighted by Gasteiger charge is 2.35. The first kappa shape index (κ1) is 17.0. The number of carboxylic acid groups (broad SMARTS) is 1. The molecule has 2 N–H and O–H groups in total. The molecule has 0 saturated heterocycles. The summed E-state index contributed by atoms with van der Waals surface area (Å²) in [7, 11) is 1.37. The first-order chi connectivity index (χ1) is 9.91. The summed E-state index contributed by atoms with van der Waals surface area (Å²) in [5, 5.41) is 11.5. The number of carbonyl (C=O) groups is 2. The minimum absolute atomic E-state index is 0.126. The average molecular weight is 295 g/mol. The lowest BCUT2D eigenvalue weighted by Crippen LogP contribution is -2.56. The average Bonchev–Trinajstić information content (AvgIpc) is 2.45. The quantitative estimate of drug-likeness (QED) is 0.753. The van der Waals surface area contributed by atoms with Gasteiger partial charge in [-0.25, -0.2) is 4.79 Å². The minimum Gasteiger partial charge on any atom is -0.484 e. The molecule has 0 aromatic heterocycles. The summed E-state index contributed by atoms with van der Waals surface area (Å²) in [6.07, 6.45) is 0.925. The van der Waals surface area contributed by atoms with E-state index in [4.69, 9.17) is 14.6 Å². The Morgan fingerprint density at radius 1 is 1.29 bits per heavy atom. The van der Waals surface area contributed by atoms with Crippen LogP contribution in [0.2, 0.25) is 0 Å². The number of hydrogen-bond donors (Lipinski definition) is 2. The first-order valence-corrected chi connectivity index (χ1v) is 6.66. The minimum atomic E-state index is -1.47. The summed E-state index contributed by atoms with van der Waals surface area (Å²) in [5.74, 6) is -1.12. The van der Waals surface area contributed by atoms with Crippen LogP contribution in [-0.4, -0.2) is 42.8 Å². The highest BCUT2D eigenvalue weighted by Crippen LogP contribution is 2.12. The van der Waals surface area contributed by atoms with Crippen LogP contribution in [0.4, 0.5) is 0 Å². The number of benzene rings is 1. The number of nitrogens with one attached hydrogen (secondary N) is 1. The SMILES string of the molecule is CCc1ccc(OCC(=O)NC(C)(COC)C(=O)O)cc1. The highest BCUT2D eigenvalue weighted by molar-refractivity contribution is 5.87. The maximum atomic E-state index is 11.8. The second-order valence-corrected chi connectivity index (χ2v) is 4.90. The Morgan fingerprint density at radius 2 is 1.90 bits per heavy atom. The van der Waals surface area contributed by atoms with E-state index < -0.39 is 17.4 Å². The molecule has 1 amide bonds. The fourth-order valence-corrected chi connectivity index (χ4v) is 1.75. The highest BCUT2D eigenvalue weighted by atomic mass is 16.5. The molecule has 21 heavy (non-hydrogen) atoms. The number of carboxylic acids is 1. The Kier molecular flexibility index (Phi) is 6.17. The van der Waals surface area contributed by atoms with Gasteiger partial charge >= 0.3 is 5.97 Å². The molecule has 6 heteroatoms. The van der Waals surface area contributed by atoms with Gasteiger partial charge in [-0.1, -0.05) is 19.1 Å². The number of carbonyl (C=O) groups excluding carboxylic acids is 1. The number of aryl methyl sites for hydroxylation is 1. The van der Waals surface area contributed by atoms with Gasteiger partial charge in [0.2, 0.25) is 0 Å². The molecular weight excluding hydrogens is 274 g/mol. The Bertz CT molecular complexity index is 485. The molecule has 116 valence electrons. The van der Waals surface area contributed by atoms with Crippen molar-refractivity contribution < 1.29 is 24.2 Å². The summed E-state index contributed by atoms with van der Waals surface area (Å²) in [6.45, 7) is 3.05. The van der Waals surface area contributed by atoms with Crippen LogP contribution in [0.25, 0.3) is 0 Å². The van der Waals surface area contributed by atoms with Crippen molar-refractivity contribution in [2.75, 3.05) is 20.3 Å². The van der Waals surface area contributed by atoms with Crippen LogP contribution in [0.5, 0.6) is 5.75 Å². The van der Waals surface area contributed by atoms with Crippen molar-refractivity contribution in [2.45, 2.75) is 25.8 Å². The van der Waals surface area contributed by atoms with Crippen LogP contribution in [-0.2, 0) is 20.7 Å². The normalized spacial score (nSPS) is 13.3. The molecule has 1 aromatic rings. The zero-order valence-corrected chi connectivity index (χ0v) is 12.5. The van der Waals surface area contributed by atoms with Crippen molar-refractivity contribution in [1.82, 2.24) is 5.32 Å². The molecule has 0 heterocycles. The van der Waals surface area contributed by atoms with Crippen LogP contribution in [0.1, 0.15) is 19.4 Å². The van der Waals surface area contributed by atoms with Crippen molar-refractivity contribution >= 4 is 11.9 Å². The van der Waals surface area contributed by atoms with Gasteiger partial charge in [0.05, 0.1) is 6.61 Å². The van der Waals surface area contributed by atoms with E-state index in [-0.39, 0.29) is 13.2 Å². The molecule has 0 bridgehead atoms. The number of ether oxygens (including phenoxy) is 2. The van der Waals surface area contributed by atoms with Crippen LogP contribution in [0.15, 0.2) is 24.3 Å². The molecule has 0 aliphatic carbocycles. The van der Waals surface area contributed by atoms with E-state index in [9.17, 15) is 9.59 Å². The van der Waals surface area contributed by atoms with Crippen molar-refractivity contribution in [1.29, 1.82) is 0 Å². The van der Waals surface area contributed by atoms with Gasteiger partial charge in [-0.3, -0.25) is 4.79 Å². The van der Waals surface area contributed by atoms with Crippen LogP contribution >= 0.6 is 0 Å². The zero-order valence-electron chi connectivity index (χ0n) is 12.5. The van der Waals surface area contributed by atoms with E-state index in [2.05, 4.69) is 5.32 Å². The topological polar surface area (TPSA) is 84.9 Å². The second kappa shape index (κ2) is 7.64. The van der Waals surface area contributed by atoms with E-state index in [1.807, 2.05) is 19.1 Å². The van der Waals surface area contributed by atoms with E-state index >= 15 is 0 Å². The van der Waals surface area contributed by atoms with Crippen molar-refractivity contribution in [3.8, 4) is 5.75 Å². The third-order valence-corrected chi connectivity index (χ3v) is 3.02.